The highest BCUT2D eigenvalue weighted by molar-refractivity contribution is 7.99. The van der Waals surface area contributed by atoms with E-state index in [0.29, 0.717) is 17.9 Å². The minimum Gasteiger partial charge on any atom is -0.383 e. The average Bonchev–Trinajstić information content (AvgIpc) is 2.91. The van der Waals surface area contributed by atoms with Gasteiger partial charge in [0.25, 0.3) is 0 Å². The summed E-state index contributed by atoms with van der Waals surface area (Å²) in [4.78, 5) is 20.6. The highest BCUT2D eigenvalue weighted by Gasteiger charge is 2.20. The molecule has 0 aliphatic heterocycles. The summed E-state index contributed by atoms with van der Waals surface area (Å²) in [7, 11) is 0. The zero-order chi connectivity index (χ0) is 21.8. The number of hydrogen-bond acceptors (Lipinski definition) is 7. The second kappa shape index (κ2) is 8.84. The lowest BCUT2D eigenvalue weighted by atomic mass is 10.2. The van der Waals surface area contributed by atoms with E-state index >= 15 is 0 Å². The Morgan fingerprint density at radius 1 is 1.23 bits per heavy atom. The Balaban J connectivity index is 1.81. The first-order valence-corrected chi connectivity index (χ1v) is 9.94. The summed E-state index contributed by atoms with van der Waals surface area (Å²) >= 11 is 1.08. The minimum atomic E-state index is -0.334. The van der Waals surface area contributed by atoms with Gasteiger partial charge in [0.1, 0.15) is 29.3 Å². The fraction of sp³-hybridized carbons (Fsp3) is 0.200. The quantitative estimate of drug-likeness (QED) is 0.408. The molecule has 3 aromatic rings. The molecule has 0 saturated carbocycles. The SMILES string of the molecule is Cc1c(C#N)c(NC(=O)CSc2nc(N)cc(N)n2)n(Cc2ccc(F)cc2)c1C. The van der Waals surface area contributed by atoms with Crippen molar-refractivity contribution in [2.24, 2.45) is 0 Å². The van der Waals surface area contributed by atoms with Gasteiger partial charge in [-0.3, -0.25) is 4.79 Å². The van der Waals surface area contributed by atoms with Crippen LogP contribution in [0.2, 0.25) is 0 Å². The number of nitrogen functional groups attached to an aromatic ring is 2. The van der Waals surface area contributed by atoms with Crippen molar-refractivity contribution in [2.75, 3.05) is 22.5 Å². The van der Waals surface area contributed by atoms with E-state index in [0.717, 1.165) is 28.6 Å². The van der Waals surface area contributed by atoms with Crippen LogP contribution in [-0.2, 0) is 11.3 Å². The van der Waals surface area contributed by atoms with E-state index in [-0.39, 0.29) is 34.3 Å². The molecule has 2 heterocycles. The number of amides is 1. The van der Waals surface area contributed by atoms with Crippen molar-refractivity contribution in [1.29, 1.82) is 5.26 Å². The van der Waals surface area contributed by atoms with E-state index in [1.807, 2.05) is 18.4 Å². The average molecular weight is 425 g/mol. The second-order valence-corrected chi connectivity index (χ2v) is 7.54. The number of rotatable bonds is 6. The zero-order valence-electron chi connectivity index (χ0n) is 16.4. The monoisotopic (exact) mass is 425 g/mol. The molecule has 0 unspecified atom stereocenters. The van der Waals surface area contributed by atoms with Gasteiger partial charge in [0.05, 0.1) is 11.3 Å². The van der Waals surface area contributed by atoms with Crippen molar-refractivity contribution in [2.45, 2.75) is 25.5 Å². The number of anilines is 3. The Morgan fingerprint density at radius 3 is 2.47 bits per heavy atom. The first-order chi connectivity index (χ1) is 14.3. The number of aromatic nitrogens is 3. The molecule has 0 aliphatic rings. The molecule has 0 bridgehead atoms. The molecule has 3 rings (SSSR count). The number of carbonyl (C=O) groups excluding carboxylic acids is 1. The number of nitriles is 1. The number of thioether (sulfide) groups is 1. The number of nitrogens with one attached hydrogen (secondary N) is 1. The molecule has 8 nitrogen and oxygen atoms in total. The van der Waals surface area contributed by atoms with Crippen LogP contribution in [-0.4, -0.2) is 26.2 Å². The van der Waals surface area contributed by atoms with Gasteiger partial charge < -0.3 is 21.4 Å². The van der Waals surface area contributed by atoms with Crippen LogP contribution < -0.4 is 16.8 Å². The Hall–Kier alpha value is -3.58. The highest BCUT2D eigenvalue weighted by atomic mass is 32.2. The maximum atomic E-state index is 13.2. The van der Waals surface area contributed by atoms with E-state index in [9.17, 15) is 14.4 Å². The number of benzene rings is 1. The highest BCUT2D eigenvalue weighted by Crippen LogP contribution is 2.28. The summed E-state index contributed by atoms with van der Waals surface area (Å²) < 4.78 is 15.1. The maximum absolute atomic E-state index is 13.2. The number of halogens is 1. The van der Waals surface area contributed by atoms with Gasteiger partial charge in [-0.05, 0) is 37.1 Å². The van der Waals surface area contributed by atoms with E-state index in [2.05, 4.69) is 21.4 Å². The minimum absolute atomic E-state index is 0.00753. The van der Waals surface area contributed by atoms with Gasteiger partial charge in [-0.1, -0.05) is 23.9 Å². The number of nitrogens with zero attached hydrogens (tertiary/aromatic N) is 4. The van der Waals surface area contributed by atoms with E-state index in [1.165, 1.54) is 18.2 Å². The van der Waals surface area contributed by atoms with Crippen LogP contribution in [0.1, 0.15) is 22.4 Å². The fourth-order valence-electron chi connectivity index (χ4n) is 2.93. The van der Waals surface area contributed by atoms with Crippen LogP contribution in [0.4, 0.5) is 21.8 Å². The van der Waals surface area contributed by atoms with Crippen molar-refractivity contribution in [3.8, 4) is 6.07 Å². The Morgan fingerprint density at radius 2 is 1.87 bits per heavy atom. The number of carbonyl (C=O) groups is 1. The molecule has 2 aromatic heterocycles. The Bertz CT molecular complexity index is 1120. The molecule has 0 fully saturated rings. The van der Waals surface area contributed by atoms with Crippen molar-refractivity contribution >= 4 is 35.1 Å². The predicted molar refractivity (Wildman–Crippen MR) is 114 cm³/mol. The van der Waals surface area contributed by atoms with Crippen LogP contribution in [0.5, 0.6) is 0 Å². The van der Waals surface area contributed by atoms with Gasteiger partial charge in [0.15, 0.2) is 5.16 Å². The summed E-state index contributed by atoms with van der Waals surface area (Å²) in [6, 6.07) is 9.66. The van der Waals surface area contributed by atoms with Crippen LogP contribution >= 0.6 is 11.8 Å². The molecule has 0 atom stereocenters. The van der Waals surface area contributed by atoms with Crippen molar-refractivity contribution in [3.05, 3.63) is 58.5 Å². The molecule has 154 valence electrons. The molecule has 0 spiro atoms. The smallest absolute Gasteiger partial charge is 0.235 e. The summed E-state index contributed by atoms with van der Waals surface area (Å²) in [6.45, 7) is 4.07. The van der Waals surface area contributed by atoms with Crippen LogP contribution in [0.15, 0.2) is 35.5 Å². The molecule has 1 amide bonds. The Labute approximate surface area is 177 Å². The van der Waals surface area contributed by atoms with Crippen LogP contribution in [0, 0.1) is 31.0 Å². The number of nitrogens with two attached hydrogens (primary N) is 2. The molecule has 1 aromatic carbocycles. The van der Waals surface area contributed by atoms with Gasteiger partial charge in [-0.25, -0.2) is 14.4 Å². The molecule has 0 aliphatic carbocycles. The summed E-state index contributed by atoms with van der Waals surface area (Å²) in [5.41, 5.74) is 14.1. The van der Waals surface area contributed by atoms with Gasteiger partial charge in [-0.2, -0.15) is 5.26 Å². The van der Waals surface area contributed by atoms with Gasteiger partial charge in [0.2, 0.25) is 5.91 Å². The van der Waals surface area contributed by atoms with Crippen LogP contribution in [0.25, 0.3) is 0 Å². The normalized spacial score (nSPS) is 10.6. The van der Waals surface area contributed by atoms with Gasteiger partial charge in [0, 0.05) is 18.3 Å². The van der Waals surface area contributed by atoms with Crippen molar-refractivity contribution in [1.82, 2.24) is 14.5 Å². The summed E-state index contributed by atoms with van der Waals surface area (Å²) in [5.74, 6) is 0.183. The van der Waals surface area contributed by atoms with E-state index in [1.54, 1.807) is 12.1 Å². The van der Waals surface area contributed by atoms with Gasteiger partial charge in [-0.15, -0.1) is 0 Å². The molecule has 30 heavy (non-hydrogen) atoms. The first kappa shape index (κ1) is 21.1. The topological polar surface area (TPSA) is 136 Å². The van der Waals surface area contributed by atoms with Gasteiger partial charge >= 0.3 is 0 Å². The standard InChI is InChI=1S/C20H20FN7OS/c1-11-12(2)28(9-13-3-5-14(21)6-4-13)19(15(11)8-22)27-18(29)10-30-20-25-16(23)7-17(24)26-20/h3-7H,9-10H2,1-2H3,(H,27,29)(H4,23,24,25,26). The van der Waals surface area contributed by atoms with Crippen molar-refractivity contribution in [3.63, 3.8) is 0 Å². The van der Waals surface area contributed by atoms with Crippen molar-refractivity contribution < 1.29 is 9.18 Å². The first-order valence-electron chi connectivity index (χ1n) is 8.95. The summed E-state index contributed by atoms with van der Waals surface area (Å²) in [5, 5.41) is 12.7. The molecule has 0 radical (unpaired) electrons. The zero-order valence-corrected chi connectivity index (χ0v) is 17.3. The fourth-order valence-corrected chi connectivity index (χ4v) is 3.60. The van der Waals surface area contributed by atoms with Crippen LogP contribution in [0.3, 0.4) is 0 Å². The van der Waals surface area contributed by atoms with E-state index < -0.39 is 0 Å². The molecular formula is C20H20FN7OS. The second-order valence-electron chi connectivity index (χ2n) is 6.60. The Kier molecular flexibility index (Phi) is 6.23. The third-order valence-corrected chi connectivity index (χ3v) is 5.38. The molecule has 10 heteroatoms. The summed E-state index contributed by atoms with van der Waals surface area (Å²) in [6.07, 6.45) is 0. The lowest BCUT2D eigenvalue weighted by Gasteiger charge is -2.13. The molecule has 5 N–H and O–H groups in total. The van der Waals surface area contributed by atoms with E-state index in [4.69, 9.17) is 11.5 Å². The largest absolute Gasteiger partial charge is 0.383 e. The molecular weight excluding hydrogens is 405 g/mol. The third-order valence-electron chi connectivity index (χ3n) is 4.53. The lowest BCUT2D eigenvalue weighted by molar-refractivity contribution is -0.113. The molecule has 0 saturated heterocycles. The maximum Gasteiger partial charge on any atom is 0.235 e. The third kappa shape index (κ3) is 4.69. The lowest BCUT2D eigenvalue weighted by Crippen LogP contribution is -2.19. The predicted octanol–water partition coefficient (Wildman–Crippen LogP) is 2.85. The number of hydrogen-bond donors (Lipinski definition) is 3.